The minimum absolute atomic E-state index is 0.128. The van der Waals surface area contributed by atoms with Crippen LogP contribution in [0.25, 0.3) is 0 Å². The van der Waals surface area contributed by atoms with Crippen LogP contribution in [-0.2, 0) is 19.1 Å². The van der Waals surface area contributed by atoms with Crippen molar-refractivity contribution in [2.24, 2.45) is 23.7 Å². The fourth-order valence-corrected chi connectivity index (χ4v) is 4.89. The van der Waals surface area contributed by atoms with Crippen LogP contribution in [0.1, 0.15) is 58.3 Å². The normalized spacial score (nSPS) is 36.5. The largest absolute Gasteiger partial charge is 0.466 e. The van der Waals surface area contributed by atoms with Crippen molar-refractivity contribution in [3.05, 3.63) is 0 Å². The molecular formula is C17H26O4. The Morgan fingerprint density at radius 1 is 0.905 bits per heavy atom. The molecular weight excluding hydrogens is 268 g/mol. The molecule has 0 aliphatic heterocycles. The van der Waals surface area contributed by atoms with E-state index in [2.05, 4.69) is 0 Å². The molecule has 4 heteroatoms. The van der Waals surface area contributed by atoms with E-state index in [9.17, 15) is 9.59 Å². The molecule has 4 nitrogen and oxygen atoms in total. The van der Waals surface area contributed by atoms with E-state index in [4.69, 9.17) is 9.47 Å². The molecule has 0 saturated heterocycles. The number of rotatable bonds is 6. The molecule has 4 aliphatic carbocycles. The maximum Gasteiger partial charge on any atom is 0.306 e. The Hall–Kier alpha value is -1.06. The van der Waals surface area contributed by atoms with E-state index in [1.807, 2.05) is 0 Å². The third-order valence-corrected chi connectivity index (χ3v) is 5.47. The monoisotopic (exact) mass is 294 g/mol. The smallest absolute Gasteiger partial charge is 0.306 e. The lowest BCUT2D eigenvalue weighted by Gasteiger charge is -2.53. The fraction of sp³-hybridized carbons (Fsp3) is 0.882. The minimum Gasteiger partial charge on any atom is -0.466 e. The Morgan fingerprint density at radius 2 is 1.48 bits per heavy atom. The van der Waals surface area contributed by atoms with Gasteiger partial charge in [0.1, 0.15) is 6.10 Å². The van der Waals surface area contributed by atoms with Crippen molar-refractivity contribution in [1.82, 2.24) is 0 Å². The molecule has 4 saturated carbocycles. The summed E-state index contributed by atoms with van der Waals surface area (Å²) >= 11 is 0. The van der Waals surface area contributed by atoms with Crippen LogP contribution in [0.5, 0.6) is 0 Å². The zero-order chi connectivity index (χ0) is 14.8. The van der Waals surface area contributed by atoms with Gasteiger partial charge in [-0.05, 0) is 69.1 Å². The Kier molecular flexibility index (Phi) is 4.51. The first-order valence-electron chi connectivity index (χ1n) is 8.50. The first-order valence-corrected chi connectivity index (χ1v) is 8.50. The van der Waals surface area contributed by atoms with Crippen molar-refractivity contribution in [3.8, 4) is 0 Å². The molecule has 0 amide bonds. The van der Waals surface area contributed by atoms with Crippen LogP contribution in [0.3, 0.4) is 0 Å². The molecule has 0 aromatic heterocycles. The molecule has 21 heavy (non-hydrogen) atoms. The highest BCUT2D eigenvalue weighted by molar-refractivity contribution is 5.72. The van der Waals surface area contributed by atoms with Crippen LogP contribution in [0.4, 0.5) is 0 Å². The number of carbonyl (C=O) groups excluding carboxylic acids is 2. The SMILES string of the molecule is CCOC(=O)CCCC(=O)OC1C2CC3CC(C2)CC1C3. The average Bonchev–Trinajstić information content (AvgIpc) is 2.42. The lowest BCUT2D eigenvalue weighted by molar-refractivity contribution is -0.170. The number of carbonyl (C=O) groups is 2. The summed E-state index contributed by atoms with van der Waals surface area (Å²) in [6.07, 6.45) is 7.78. The van der Waals surface area contributed by atoms with Gasteiger partial charge in [0.2, 0.25) is 0 Å². The van der Waals surface area contributed by atoms with Gasteiger partial charge in [-0.15, -0.1) is 0 Å². The van der Waals surface area contributed by atoms with E-state index in [0.29, 0.717) is 37.7 Å². The molecule has 0 aromatic rings. The number of esters is 2. The van der Waals surface area contributed by atoms with E-state index in [0.717, 1.165) is 11.8 Å². The summed E-state index contributed by atoms with van der Waals surface area (Å²) in [6, 6.07) is 0. The van der Waals surface area contributed by atoms with Gasteiger partial charge in [0, 0.05) is 12.8 Å². The Bertz CT molecular complexity index is 376. The number of ether oxygens (including phenoxy) is 2. The van der Waals surface area contributed by atoms with Gasteiger partial charge in [0.15, 0.2) is 0 Å². The lowest BCUT2D eigenvalue weighted by Crippen LogP contribution is -2.50. The highest BCUT2D eigenvalue weighted by Gasteiger charge is 2.49. The molecule has 0 N–H and O–H groups in total. The third kappa shape index (κ3) is 3.41. The molecule has 0 spiro atoms. The third-order valence-electron chi connectivity index (χ3n) is 5.47. The zero-order valence-corrected chi connectivity index (χ0v) is 12.9. The molecule has 4 fully saturated rings. The van der Waals surface area contributed by atoms with Gasteiger partial charge in [-0.25, -0.2) is 0 Å². The summed E-state index contributed by atoms with van der Waals surface area (Å²) in [6.45, 7) is 2.19. The Morgan fingerprint density at radius 3 is 2.05 bits per heavy atom. The van der Waals surface area contributed by atoms with Crippen molar-refractivity contribution < 1.29 is 19.1 Å². The minimum atomic E-state index is -0.222. The van der Waals surface area contributed by atoms with Crippen LogP contribution in [0.2, 0.25) is 0 Å². The Balaban J connectivity index is 1.42. The topological polar surface area (TPSA) is 52.6 Å². The standard InChI is InChI=1S/C17H26O4/c1-2-20-15(18)4-3-5-16(19)21-17-13-7-11-6-12(9-13)10-14(17)8-11/h11-14,17H,2-10H2,1H3. The van der Waals surface area contributed by atoms with E-state index >= 15 is 0 Å². The van der Waals surface area contributed by atoms with Gasteiger partial charge in [-0.3, -0.25) is 9.59 Å². The molecule has 118 valence electrons. The van der Waals surface area contributed by atoms with Gasteiger partial charge < -0.3 is 9.47 Å². The second kappa shape index (κ2) is 6.37. The second-order valence-corrected chi connectivity index (χ2v) is 7.04. The molecule has 4 aliphatic rings. The van der Waals surface area contributed by atoms with E-state index in [1.54, 1.807) is 6.92 Å². The summed E-state index contributed by atoms with van der Waals surface area (Å²) in [5.74, 6) is 2.65. The molecule has 0 radical (unpaired) electrons. The number of hydrogen-bond acceptors (Lipinski definition) is 4. The first kappa shape index (κ1) is 14.9. The van der Waals surface area contributed by atoms with Gasteiger partial charge >= 0.3 is 11.9 Å². The van der Waals surface area contributed by atoms with Crippen molar-refractivity contribution in [1.29, 1.82) is 0 Å². The molecule has 0 heterocycles. The van der Waals surface area contributed by atoms with E-state index in [-0.39, 0.29) is 18.0 Å². The zero-order valence-electron chi connectivity index (χ0n) is 12.9. The second-order valence-electron chi connectivity index (χ2n) is 7.04. The summed E-state index contributed by atoms with van der Waals surface area (Å²) in [7, 11) is 0. The first-order chi connectivity index (χ1) is 10.2. The van der Waals surface area contributed by atoms with Crippen LogP contribution >= 0.6 is 0 Å². The van der Waals surface area contributed by atoms with Gasteiger partial charge in [-0.1, -0.05) is 0 Å². The van der Waals surface area contributed by atoms with Crippen molar-refractivity contribution in [2.75, 3.05) is 6.61 Å². The maximum absolute atomic E-state index is 12.0. The summed E-state index contributed by atoms with van der Waals surface area (Å²) < 4.78 is 10.6. The van der Waals surface area contributed by atoms with Crippen LogP contribution in [-0.4, -0.2) is 24.6 Å². The fourth-order valence-electron chi connectivity index (χ4n) is 4.89. The van der Waals surface area contributed by atoms with Crippen LogP contribution in [0.15, 0.2) is 0 Å². The van der Waals surface area contributed by atoms with Crippen molar-refractivity contribution >= 4 is 11.9 Å². The van der Waals surface area contributed by atoms with Crippen LogP contribution in [0, 0.1) is 23.7 Å². The molecule has 0 aromatic carbocycles. The highest BCUT2D eigenvalue weighted by atomic mass is 16.5. The molecule has 4 rings (SSSR count). The van der Waals surface area contributed by atoms with Gasteiger partial charge in [0.25, 0.3) is 0 Å². The molecule has 0 atom stereocenters. The van der Waals surface area contributed by atoms with Gasteiger partial charge in [0.05, 0.1) is 6.61 Å². The van der Waals surface area contributed by atoms with Crippen molar-refractivity contribution in [3.63, 3.8) is 0 Å². The summed E-state index contributed by atoms with van der Waals surface area (Å²) in [5.41, 5.74) is 0. The van der Waals surface area contributed by atoms with Gasteiger partial charge in [-0.2, -0.15) is 0 Å². The highest BCUT2D eigenvalue weighted by Crippen LogP contribution is 2.54. The molecule has 0 unspecified atom stereocenters. The van der Waals surface area contributed by atoms with Crippen molar-refractivity contribution in [2.45, 2.75) is 64.4 Å². The lowest BCUT2D eigenvalue weighted by atomic mass is 9.55. The Labute approximate surface area is 126 Å². The van der Waals surface area contributed by atoms with E-state index in [1.165, 1.54) is 32.1 Å². The summed E-state index contributed by atoms with van der Waals surface area (Å²) in [4.78, 5) is 23.2. The predicted octanol–water partition coefficient (Wildman–Crippen LogP) is 3.09. The quantitative estimate of drug-likeness (QED) is 0.706. The van der Waals surface area contributed by atoms with E-state index < -0.39 is 0 Å². The maximum atomic E-state index is 12.0. The summed E-state index contributed by atoms with van der Waals surface area (Å²) in [5, 5.41) is 0. The van der Waals surface area contributed by atoms with Crippen LogP contribution < -0.4 is 0 Å². The predicted molar refractivity (Wildman–Crippen MR) is 77.4 cm³/mol. The average molecular weight is 294 g/mol. The molecule has 4 bridgehead atoms. The number of hydrogen-bond donors (Lipinski definition) is 0.